The van der Waals surface area contributed by atoms with E-state index in [1.54, 1.807) is 24.3 Å². The quantitative estimate of drug-likeness (QED) is 0.539. The van der Waals surface area contributed by atoms with E-state index in [-0.39, 0.29) is 16.9 Å². The van der Waals surface area contributed by atoms with E-state index in [1.807, 2.05) is 34.6 Å². The minimum atomic E-state index is -0.465. The summed E-state index contributed by atoms with van der Waals surface area (Å²) in [5.41, 5.74) is 0.823. The second kappa shape index (κ2) is 8.64. The summed E-state index contributed by atoms with van der Waals surface area (Å²) in [7, 11) is 0. The third-order valence-corrected chi connectivity index (χ3v) is 5.55. The van der Waals surface area contributed by atoms with Crippen molar-refractivity contribution in [3.05, 3.63) is 29.8 Å². The van der Waals surface area contributed by atoms with E-state index in [0.29, 0.717) is 11.3 Å². The predicted octanol–water partition coefficient (Wildman–Crippen LogP) is 4.32. The van der Waals surface area contributed by atoms with Gasteiger partial charge >= 0.3 is 0 Å². The van der Waals surface area contributed by atoms with Gasteiger partial charge in [0.25, 0.3) is 0 Å². The van der Waals surface area contributed by atoms with Crippen LogP contribution in [0.5, 0.6) is 0 Å². The van der Waals surface area contributed by atoms with Gasteiger partial charge in [-0.25, -0.2) is 0 Å². The number of carbonyl (C=O) groups is 2. The molecule has 0 fully saturated rings. The van der Waals surface area contributed by atoms with Gasteiger partial charge in [0.1, 0.15) is 0 Å². The second-order valence-corrected chi connectivity index (χ2v) is 9.37. The van der Waals surface area contributed by atoms with Crippen molar-refractivity contribution in [2.45, 2.75) is 44.2 Å². The van der Waals surface area contributed by atoms with Crippen LogP contribution in [-0.4, -0.2) is 33.7 Å². The Bertz CT molecular complexity index is 766. The van der Waals surface area contributed by atoms with E-state index in [9.17, 15) is 9.59 Å². The Kier molecular flexibility index (Phi) is 6.77. The summed E-state index contributed by atoms with van der Waals surface area (Å²) in [6, 6.07) is 6.98. The van der Waals surface area contributed by atoms with Crippen LogP contribution in [0.4, 0.5) is 10.8 Å². The zero-order valence-corrected chi connectivity index (χ0v) is 17.3. The first-order chi connectivity index (χ1) is 12.2. The molecule has 0 saturated carbocycles. The number of rotatable bonds is 7. The monoisotopic (exact) mass is 392 g/mol. The molecule has 1 aromatic heterocycles. The number of thioether (sulfide) groups is 1. The number of Topliss-reactive ketones (excluding diaryl/α,β-unsaturated/α-hetero) is 1. The molecule has 0 saturated heterocycles. The Labute approximate surface area is 162 Å². The lowest BCUT2D eigenvalue weighted by molar-refractivity contribution is -0.123. The summed E-state index contributed by atoms with van der Waals surface area (Å²) in [6.45, 7) is 10.2. The van der Waals surface area contributed by atoms with Crippen LogP contribution in [0, 0.1) is 5.41 Å². The van der Waals surface area contributed by atoms with Gasteiger partial charge in [-0.05, 0) is 38.1 Å². The molecule has 1 heterocycles. The molecule has 8 heteroatoms. The number of nitrogens with zero attached hydrogens (tertiary/aromatic N) is 2. The van der Waals surface area contributed by atoms with Crippen LogP contribution in [0.1, 0.15) is 45.0 Å². The van der Waals surface area contributed by atoms with Crippen LogP contribution < -0.4 is 10.6 Å². The topological polar surface area (TPSA) is 84.0 Å². The van der Waals surface area contributed by atoms with Gasteiger partial charge < -0.3 is 10.6 Å². The normalized spacial score (nSPS) is 12.5. The van der Waals surface area contributed by atoms with Crippen molar-refractivity contribution in [1.82, 2.24) is 10.2 Å². The predicted molar refractivity (Wildman–Crippen MR) is 108 cm³/mol. The maximum Gasteiger partial charge on any atom is 0.229 e. The first-order valence-electron chi connectivity index (χ1n) is 8.40. The fraction of sp³-hybridized carbons (Fsp3) is 0.444. The van der Waals surface area contributed by atoms with Crippen LogP contribution in [0.3, 0.4) is 0 Å². The molecule has 1 amide bonds. The van der Waals surface area contributed by atoms with Gasteiger partial charge in [-0.3, -0.25) is 9.59 Å². The smallest absolute Gasteiger partial charge is 0.229 e. The average Bonchev–Trinajstić information content (AvgIpc) is 3.01. The summed E-state index contributed by atoms with van der Waals surface area (Å²) in [4.78, 5) is 24.6. The Balaban J connectivity index is 1.98. The number of anilines is 2. The molecule has 2 aromatic rings. The largest absolute Gasteiger partial charge is 0.360 e. The molecule has 0 aliphatic carbocycles. The number of carbonyl (C=O) groups excluding carboxylic acids is 2. The number of aromatic nitrogens is 2. The molecule has 0 spiro atoms. The Morgan fingerprint density at radius 2 is 1.85 bits per heavy atom. The summed E-state index contributed by atoms with van der Waals surface area (Å²) >= 11 is 2.84. The SMILES string of the molecule is CCNc1nnc(SC(C)C(=O)c2ccc(NC(=O)C(C)(C)C)cc2)s1. The highest BCUT2D eigenvalue weighted by Gasteiger charge is 2.22. The molecule has 0 radical (unpaired) electrons. The molecule has 140 valence electrons. The Hall–Kier alpha value is -1.93. The van der Waals surface area contributed by atoms with Crippen LogP contribution >= 0.6 is 23.1 Å². The van der Waals surface area contributed by atoms with E-state index in [4.69, 9.17) is 0 Å². The minimum Gasteiger partial charge on any atom is -0.360 e. The molecule has 1 unspecified atom stereocenters. The molecule has 6 nitrogen and oxygen atoms in total. The van der Waals surface area contributed by atoms with Gasteiger partial charge in [-0.2, -0.15) is 0 Å². The maximum atomic E-state index is 12.6. The lowest BCUT2D eigenvalue weighted by atomic mass is 9.95. The fourth-order valence-electron chi connectivity index (χ4n) is 1.96. The van der Waals surface area contributed by atoms with Gasteiger partial charge in [0.05, 0.1) is 5.25 Å². The molecule has 0 aliphatic heterocycles. The van der Waals surface area contributed by atoms with Crippen LogP contribution in [-0.2, 0) is 4.79 Å². The van der Waals surface area contributed by atoms with Crippen molar-refractivity contribution in [3.63, 3.8) is 0 Å². The third kappa shape index (κ3) is 5.54. The Morgan fingerprint density at radius 1 is 1.19 bits per heavy atom. The van der Waals surface area contributed by atoms with E-state index in [0.717, 1.165) is 16.0 Å². The fourth-order valence-corrected chi connectivity index (χ4v) is 4.00. The first-order valence-corrected chi connectivity index (χ1v) is 10.1. The van der Waals surface area contributed by atoms with Crippen LogP contribution in [0.2, 0.25) is 0 Å². The third-order valence-electron chi connectivity index (χ3n) is 3.49. The molecular formula is C18H24N4O2S2. The summed E-state index contributed by atoms with van der Waals surface area (Å²) in [6.07, 6.45) is 0. The van der Waals surface area contributed by atoms with Crippen molar-refractivity contribution < 1.29 is 9.59 Å². The van der Waals surface area contributed by atoms with Crippen molar-refractivity contribution >= 4 is 45.6 Å². The Morgan fingerprint density at radius 3 is 2.42 bits per heavy atom. The first kappa shape index (κ1) is 20.4. The van der Waals surface area contributed by atoms with Crippen LogP contribution in [0.25, 0.3) is 0 Å². The number of ketones is 1. The van der Waals surface area contributed by atoms with E-state index in [2.05, 4.69) is 20.8 Å². The molecule has 1 atom stereocenters. The van der Waals surface area contributed by atoms with Gasteiger partial charge in [0.2, 0.25) is 11.0 Å². The van der Waals surface area contributed by atoms with Gasteiger partial charge in [0.15, 0.2) is 10.1 Å². The number of amides is 1. The average molecular weight is 393 g/mol. The van der Waals surface area contributed by atoms with Crippen LogP contribution in [0.15, 0.2) is 28.6 Å². The molecule has 2 N–H and O–H groups in total. The highest BCUT2D eigenvalue weighted by molar-refractivity contribution is 8.02. The molecule has 0 bridgehead atoms. The lowest BCUT2D eigenvalue weighted by Gasteiger charge is -2.17. The number of hydrogen-bond acceptors (Lipinski definition) is 7. The van der Waals surface area contributed by atoms with Gasteiger partial charge in [-0.1, -0.05) is 43.9 Å². The van der Waals surface area contributed by atoms with E-state index in [1.165, 1.54) is 23.1 Å². The van der Waals surface area contributed by atoms with Crippen molar-refractivity contribution in [2.75, 3.05) is 17.2 Å². The summed E-state index contributed by atoms with van der Waals surface area (Å²) in [5, 5.41) is 14.6. The van der Waals surface area contributed by atoms with Crippen molar-refractivity contribution in [1.29, 1.82) is 0 Å². The van der Waals surface area contributed by atoms with Crippen molar-refractivity contribution in [3.8, 4) is 0 Å². The van der Waals surface area contributed by atoms with Gasteiger partial charge in [0, 0.05) is 23.2 Å². The van der Waals surface area contributed by atoms with E-state index < -0.39 is 5.41 Å². The molecule has 1 aromatic carbocycles. The molecule has 26 heavy (non-hydrogen) atoms. The lowest BCUT2D eigenvalue weighted by Crippen LogP contribution is -2.27. The van der Waals surface area contributed by atoms with Gasteiger partial charge in [-0.15, -0.1) is 10.2 Å². The number of hydrogen-bond donors (Lipinski definition) is 2. The second-order valence-electron chi connectivity index (χ2n) is 6.81. The zero-order valence-electron chi connectivity index (χ0n) is 15.6. The number of benzene rings is 1. The maximum absolute atomic E-state index is 12.6. The highest BCUT2D eigenvalue weighted by atomic mass is 32.2. The molecule has 0 aliphatic rings. The van der Waals surface area contributed by atoms with E-state index >= 15 is 0 Å². The van der Waals surface area contributed by atoms with Crippen molar-refractivity contribution in [2.24, 2.45) is 5.41 Å². The molecular weight excluding hydrogens is 368 g/mol. The summed E-state index contributed by atoms with van der Waals surface area (Å²) in [5.74, 6) is -0.0443. The zero-order chi connectivity index (χ0) is 19.3. The molecule has 2 rings (SSSR count). The number of nitrogens with one attached hydrogen (secondary N) is 2. The standard InChI is InChI=1S/C18H24N4O2S2/c1-6-19-16-21-22-17(26-16)25-11(2)14(23)12-7-9-13(10-8-12)20-15(24)18(3,4)5/h7-11H,6H2,1-5H3,(H,19,21)(H,20,24). The minimum absolute atomic E-state index is 0.0175. The summed E-state index contributed by atoms with van der Waals surface area (Å²) < 4.78 is 0.760. The highest BCUT2D eigenvalue weighted by Crippen LogP contribution is 2.30.